The summed E-state index contributed by atoms with van der Waals surface area (Å²) in [6, 6.07) is 0. The molecular formula is C30H52O. The molecule has 0 amide bonds. The van der Waals surface area contributed by atoms with Gasteiger partial charge in [-0.2, -0.15) is 0 Å². The summed E-state index contributed by atoms with van der Waals surface area (Å²) in [6.07, 6.45) is 14.4. The van der Waals surface area contributed by atoms with Gasteiger partial charge in [0.05, 0.1) is 6.10 Å². The Bertz CT molecular complexity index is 716. The number of hydrogen-bond donors (Lipinski definition) is 1. The van der Waals surface area contributed by atoms with Gasteiger partial charge in [-0.3, -0.25) is 0 Å². The Balaban J connectivity index is 1.63. The molecule has 7 atom stereocenters. The fraction of sp³-hybridized carbons (Fsp3) is 0.933. The van der Waals surface area contributed by atoms with Crippen LogP contribution < -0.4 is 0 Å². The maximum Gasteiger partial charge on any atom is 0.0594 e. The molecule has 0 radical (unpaired) electrons. The standard InChI is InChI=1S/C30H52O/c1-20(2)10-9-11-21(3)22-14-18-30(8)24-12-13-25-27(4,5)26(31)16-17-28(25,6)23(24)15-19-29(22,30)7/h20-22,25-26,31H,9-19H2,1-8H3/t21-,22-,25+,26-,28-,29-,30+/m1/s1. The maximum absolute atomic E-state index is 10.8. The lowest BCUT2D eigenvalue weighted by atomic mass is 9.43. The van der Waals surface area contributed by atoms with E-state index in [2.05, 4.69) is 55.4 Å². The molecule has 0 aromatic rings. The summed E-state index contributed by atoms with van der Waals surface area (Å²) in [5, 5.41) is 10.8. The van der Waals surface area contributed by atoms with Gasteiger partial charge in [-0.25, -0.2) is 0 Å². The van der Waals surface area contributed by atoms with E-state index < -0.39 is 0 Å². The van der Waals surface area contributed by atoms with Gasteiger partial charge in [-0.15, -0.1) is 0 Å². The second-order valence-electron chi connectivity index (χ2n) is 14.0. The number of fused-ring (bicyclic) bond motifs is 4. The predicted molar refractivity (Wildman–Crippen MR) is 133 cm³/mol. The smallest absolute Gasteiger partial charge is 0.0594 e. The van der Waals surface area contributed by atoms with Gasteiger partial charge in [0.25, 0.3) is 0 Å². The molecule has 0 aromatic heterocycles. The van der Waals surface area contributed by atoms with E-state index in [1.807, 2.05) is 11.1 Å². The minimum atomic E-state index is -0.125. The SMILES string of the molecule is CC(C)CCC[C@@H](C)[C@H]1CC[C@@]2(C)C3=C(CC[C@]12C)[C@@]1(C)CC[C@@H](O)C(C)(C)[C@@H]1CC3. The minimum absolute atomic E-state index is 0.0519. The van der Waals surface area contributed by atoms with Crippen LogP contribution in [0.4, 0.5) is 0 Å². The van der Waals surface area contributed by atoms with E-state index in [-0.39, 0.29) is 11.5 Å². The summed E-state index contributed by atoms with van der Waals surface area (Å²) in [5.74, 6) is 3.24. The van der Waals surface area contributed by atoms with Gasteiger partial charge < -0.3 is 5.11 Å². The van der Waals surface area contributed by atoms with Gasteiger partial charge in [0.1, 0.15) is 0 Å². The first kappa shape index (κ1) is 23.8. The van der Waals surface area contributed by atoms with E-state index >= 15 is 0 Å². The molecule has 0 heterocycles. The Kier molecular flexibility index (Phi) is 6.07. The molecule has 2 saturated carbocycles. The quantitative estimate of drug-likeness (QED) is 0.435. The molecule has 2 fully saturated rings. The van der Waals surface area contributed by atoms with Crippen LogP contribution in [0.3, 0.4) is 0 Å². The zero-order valence-electron chi connectivity index (χ0n) is 22.1. The zero-order valence-corrected chi connectivity index (χ0v) is 22.1. The average Bonchev–Trinajstić information content (AvgIpc) is 2.96. The molecular weight excluding hydrogens is 376 g/mol. The third-order valence-electron chi connectivity index (χ3n) is 11.9. The fourth-order valence-electron chi connectivity index (χ4n) is 9.68. The number of allylic oxidation sites excluding steroid dienone is 2. The van der Waals surface area contributed by atoms with E-state index in [0.717, 1.165) is 24.2 Å². The maximum atomic E-state index is 10.8. The molecule has 31 heavy (non-hydrogen) atoms. The minimum Gasteiger partial charge on any atom is -0.393 e. The van der Waals surface area contributed by atoms with Crippen molar-refractivity contribution in [2.75, 3.05) is 0 Å². The van der Waals surface area contributed by atoms with Crippen molar-refractivity contribution < 1.29 is 5.11 Å². The first-order chi connectivity index (χ1) is 14.4. The highest BCUT2D eigenvalue weighted by Crippen LogP contribution is 2.72. The van der Waals surface area contributed by atoms with Crippen LogP contribution in [0.2, 0.25) is 0 Å². The first-order valence-corrected chi connectivity index (χ1v) is 13.8. The highest BCUT2D eigenvalue weighted by Gasteiger charge is 2.63. The molecule has 1 nitrogen and oxygen atoms in total. The largest absolute Gasteiger partial charge is 0.393 e. The normalized spacial score (nSPS) is 45.3. The van der Waals surface area contributed by atoms with Gasteiger partial charge in [0, 0.05) is 0 Å². The number of aliphatic hydroxyl groups is 1. The van der Waals surface area contributed by atoms with E-state index in [9.17, 15) is 5.11 Å². The van der Waals surface area contributed by atoms with Gasteiger partial charge in [0.2, 0.25) is 0 Å². The van der Waals surface area contributed by atoms with Crippen LogP contribution in [-0.4, -0.2) is 11.2 Å². The number of rotatable bonds is 5. The second kappa shape index (κ2) is 7.89. The van der Waals surface area contributed by atoms with E-state index in [4.69, 9.17) is 0 Å². The molecule has 178 valence electrons. The molecule has 1 heteroatoms. The van der Waals surface area contributed by atoms with Crippen molar-refractivity contribution in [3.05, 3.63) is 11.1 Å². The van der Waals surface area contributed by atoms with Gasteiger partial charge >= 0.3 is 0 Å². The van der Waals surface area contributed by atoms with E-state index in [1.165, 1.54) is 64.2 Å². The Hall–Kier alpha value is -0.300. The number of hydrogen-bond acceptors (Lipinski definition) is 1. The lowest BCUT2D eigenvalue weighted by Crippen LogP contribution is -2.55. The number of aliphatic hydroxyl groups excluding tert-OH is 1. The molecule has 1 N–H and O–H groups in total. The van der Waals surface area contributed by atoms with Crippen molar-refractivity contribution in [2.24, 2.45) is 45.3 Å². The molecule has 0 aromatic carbocycles. The van der Waals surface area contributed by atoms with Crippen LogP contribution in [0.5, 0.6) is 0 Å². The fourth-order valence-corrected chi connectivity index (χ4v) is 9.68. The predicted octanol–water partition coefficient (Wildman–Crippen LogP) is 8.56. The molecule has 0 aliphatic heterocycles. The van der Waals surface area contributed by atoms with Crippen molar-refractivity contribution in [3.8, 4) is 0 Å². The second-order valence-corrected chi connectivity index (χ2v) is 14.0. The molecule has 0 saturated heterocycles. The van der Waals surface area contributed by atoms with Crippen LogP contribution in [-0.2, 0) is 0 Å². The molecule has 0 unspecified atom stereocenters. The molecule has 4 aliphatic carbocycles. The Morgan fingerprint density at radius 1 is 0.839 bits per heavy atom. The molecule has 4 rings (SSSR count). The monoisotopic (exact) mass is 428 g/mol. The molecule has 0 spiro atoms. The molecule has 4 aliphatic rings. The summed E-state index contributed by atoms with van der Waals surface area (Å²) < 4.78 is 0. The lowest BCUT2D eigenvalue weighted by molar-refractivity contribution is -0.0962. The summed E-state index contributed by atoms with van der Waals surface area (Å²) in [4.78, 5) is 0. The van der Waals surface area contributed by atoms with Gasteiger partial charge in [0.15, 0.2) is 0 Å². The van der Waals surface area contributed by atoms with Crippen molar-refractivity contribution in [3.63, 3.8) is 0 Å². The summed E-state index contributed by atoms with van der Waals surface area (Å²) >= 11 is 0. The van der Waals surface area contributed by atoms with Crippen LogP contribution in [0.1, 0.15) is 126 Å². The van der Waals surface area contributed by atoms with E-state index in [1.54, 1.807) is 0 Å². The average molecular weight is 429 g/mol. The summed E-state index contributed by atoms with van der Waals surface area (Å²) in [6.45, 7) is 20.0. The third-order valence-corrected chi connectivity index (χ3v) is 11.9. The van der Waals surface area contributed by atoms with E-state index in [0.29, 0.717) is 22.2 Å². The van der Waals surface area contributed by atoms with Crippen molar-refractivity contribution in [1.82, 2.24) is 0 Å². The lowest BCUT2D eigenvalue weighted by Gasteiger charge is -2.62. The summed E-state index contributed by atoms with van der Waals surface area (Å²) in [7, 11) is 0. The highest BCUT2D eigenvalue weighted by molar-refractivity contribution is 5.38. The van der Waals surface area contributed by atoms with Crippen LogP contribution >= 0.6 is 0 Å². The molecule has 0 bridgehead atoms. The first-order valence-electron chi connectivity index (χ1n) is 13.8. The third kappa shape index (κ3) is 3.41. The van der Waals surface area contributed by atoms with Crippen LogP contribution in [0, 0.1) is 45.3 Å². The van der Waals surface area contributed by atoms with Crippen molar-refractivity contribution in [2.45, 2.75) is 132 Å². The van der Waals surface area contributed by atoms with Crippen molar-refractivity contribution in [1.29, 1.82) is 0 Å². The summed E-state index contributed by atoms with van der Waals surface area (Å²) in [5.41, 5.74) is 5.01. The topological polar surface area (TPSA) is 20.2 Å². The zero-order chi connectivity index (χ0) is 22.8. The van der Waals surface area contributed by atoms with Crippen LogP contribution in [0.25, 0.3) is 0 Å². The Morgan fingerprint density at radius 3 is 2.23 bits per heavy atom. The Labute approximate surface area is 193 Å². The van der Waals surface area contributed by atoms with Crippen molar-refractivity contribution >= 4 is 0 Å². The van der Waals surface area contributed by atoms with Gasteiger partial charge in [-0.1, -0.05) is 85.8 Å². The Morgan fingerprint density at radius 2 is 1.55 bits per heavy atom. The highest BCUT2D eigenvalue weighted by atomic mass is 16.3. The van der Waals surface area contributed by atoms with Crippen LogP contribution in [0.15, 0.2) is 11.1 Å². The van der Waals surface area contributed by atoms with Gasteiger partial charge in [-0.05, 0) is 96.7 Å².